The van der Waals surface area contributed by atoms with Crippen molar-refractivity contribution in [2.45, 2.75) is 13.5 Å². The van der Waals surface area contributed by atoms with Gasteiger partial charge in [-0.15, -0.1) is 11.3 Å². The lowest BCUT2D eigenvalue weighted by Crippen LogP contribution is -2.18. The number of carbonyl (C=O) groups is 2. The third kappa shape index (κ3) is 5.15. The SMILES string of the molecule is CC(=O)NCc1ccc(-c2csc(NC(=O)c3ccc(Cl)cc3[N+](=O)[O-])n2)cc1. The fourth-order valence-corrected chi connectivity index (χ4v) is 3.38. The molecule has 8 nitrogen and oxygen atoms in total. The fourth-order valence-electron chi connectivity index (χ4n) is 2.50. The van der Waals surface area contributed by atoms with Gasteiger partial charge in [0.25, 0.3) is 11.6 Å². The second-order valence-corrected chi connectivity index (χ2v) is 7.31. The van der Waals surface area contributed by atoms with Crippen LogP contribution in [0.1, 0.15) is 22.8 Å². The number of nitrogens with zero attached hydrogens (tertiary/aromatic N) is 2. The van der Waals surface area contributed by atoms with Gasteiger partial charge in [0.15, 0.2) is 5.13 Å². The quantitative estimate of drug-likeness (QED) is 0.448. The molecule has 0 spiro atoms. The van der Waals surface area contributed by atoms with E-state index >= 15 is 0 Å². The van der Waals surface area contributed by atoms with Crippen molar-refractivity contribution in [3.63, 3.8) is 0 Å². The maximum Gasteiger partial charge on any atom is 0.283 e. The Bertz CT molecular complexity index is 1080. The van der Waals surface area contributed by atoms with Gasteiger partial charge in [-0.25, -0.2) is 4.98 Å². The lowest BCUT2D eigenvalue weighted by Gasteiger charge is -2.04. The highest BCUT2D eigenvalue weighted by atomic mass is 35.5. The number of aromatic nitrogens is 1. The highest BCUT2D eigenvalue weighted by Gasteiger charge is 2.21. The molecule has 148 valence electrons. The number of nitro benzene ring substituents is 1. The molecule has 2 aromatic carbocycles. The average molecular weight is 431 g/mol. The van der Waals surface area contributed by atoms with Crippen molar-refractivity contribution in [2.24, 2.45) is 0 Å². The molecular formula is C19H15ClN4O4S. The average Bonchev–Trinajstić information content (AvgIpc) is 3.15. The molecule has 0 saturated heterocycles. The molecule has 0 atom stereocenters. The molecule has 0 unspecified atom stereocenters. The van der Waals surface area contributed by atoms with E-state index in [9.17, 15) is 19.7 Å². The van der Waals surface area contributed by atoms with Crippen LogP contribution in [0.4, 0.5) is 10.8 Å². The van der Waals surface area contributed by atoms with Crippen LogP contribution in [-0.4, -0.2) is 21.7 Å². The minimum Gasteiger partial charge on any atom is -0.352 e. The van der Waals surface area contributed by atoms with Crippen molar-refractivity contribution in [1.29, 1.82) is 0 Å². The topological polar surface area (TPSA) is 114 Å². The number of halogens is 1. The van der Waals surface area contributed by atoms with Crippen LogP contribution >= 0.6 is 22.9 Å². The molecule has 0 aliphatic carbocycles. The third-order valence-corrected chi connectivity index (χ3v) is 4.91. The summed E-state index contributed by atoms with van der Waals surface area (Å²) in [4.78, 5) is 38.3. The third-order valence-electron chi connectivity index (χ3n) is 3.92. The zero-order valence-electron chi connectivity index (χ0n) is 15.1. The zero-order chi connectivity index (χ0) is 21.0. The lowest BCUT2D eigenvalue weighted by molar-refractivity contribution is -0.385. The van der Waals surface area contributed by atoms with Gasteiger partial charge < -0.3 is 5.32 Å². The minimum atomic E-state index is -0.656. The summed E-state index contributed by atoms with van der Waals surface area (Å²) in [6.07, 6.45) is 0. The number of amides is 2. The van der Waals surface area contributed by atoms with Crippen molar-refractivity contribution >= 4 is 45.6 Å². The molecule has 0 aliphatic heterocycles. The van der Waals surface area contributed by atoms with Gasteiger partial charge in [-0.2, -0.15) is 0 Å². The van der Waals surface area contributed by atoms with Crippen LogP contribution in [0.15, 0.2) is 47.8 Å². The smallest absolute Gasteiger partial charge is 0.283 e. The Balaban J connectivity index is 1.73. The summed E-state index contributed by atoms with van der Waals surface area (Å²) in [5, 5.41) is 18.7. The number of benzene rings is 2. The lowest BCUT2D eigenvalue weighted by atomic mass is 10.1. The van der Waals surface area contributed by atoms with E-state index in [1.54, 1.807) is 5.38 Å². The van der Waals surface area contributed by atoms with Crippen LogP contribution in [0.2, 0.25) is 5.02 Å². The van der Waals surface area contributed by atoms with Gasteiger partial charge >= 0.3 is 0 Å². The van der Waals surface area contributed by atoms with Crippen LogP contribution < -0.4 is 10.6 Å². The van der Waals surface area contributed by atoms with Gasteiger partial charge in [0.2, 0.25) is 5.91 Å². The predicted octanol–water partition coefficient (Wildman–Crippen LogP) is 4.26. The fraction of sp³-hybridized carbons (Fsp3) is 0.105. The zero-order valence-corrected chi connectivity index (χ0v) is 16.7. The van der Waals surface area contributed by atoms with Gasteiger partial charge in [0, 0.05) is 35.5 Å². The highest BCUT2D eigenvalue weighted by Crippen LogP contribution is 2.27. The van der Waals surface area contributed by atoms with E-state index < -0.39 is 10.8 Å². The van der Waals surface area contributed by atoms with Crippen molar-refractivity contribution in [2.75, 3.05) is 5.32 Å². The van der Waals surface area contributed by atoms with E-state index in [0.717, 1.165) is 17.2 Å². The van der Waals surface area contributed by atoms with E-state index in [1.807, 2.05) is 24.3 Å². The summed E-state index contributed by atoms with van der Waals surface area (Å²) >= 11 is 6.98. The van der Waals surface area contributed by atoms with Gasteiger partial charge in [0.1, 0.15) is 5.56 Å². The van der Waals surface area contributed by atoms with Crippen LogP contribution in [0.5, 0.6) is 0 Å². The van der Waals surface area contributed by atoms with Crippen LogP contribution in [0, 0.1) is 10.1 Å². The van der Waals surface area contributed by atoms with E-state index in [4.69, 9.17) is 11.6 Å². The first-order valence-electron chi connectivity index (χ1n) is 8.38. The first kappa shape index (κ1) is 20.4. The van der Waals surface area contributed by atoms with Gasteiger partial charge in [-0.05, 0) is 17.7 Å². The maximum absolute atomic E-state index is 12.4. The Labute approximate surface area is 174 Å². The minimum absolute atomic E-state index is 0.0986. The molecule has 2 amide bonds. The number of nitro groups is 1. The number of anilines is 1. The van der Waals surface area contributed by atoms with E-state index in [1.165, 1.54) is 30.4 Å². The number of hydrogen-bond donors (Lipinski definition) is 2. The molecule has 0 fully saturated rings. The van der Waals surface area contributed by atoms with Crippen molar-refractivity contribution in [3.05, 3.63) is 74.1 Å². The molecule has 0 saturated carbocycles. The van der Waals surface area contributed by atoms with Crippen molar-refractivity contribution in [1.82, 2.24) is 10.3 Å². The first-order valence-corrected chi connectivity index (χ1v) is 9.64. The van der Waals surface area contributed by atoms with Gasteiger partial charge in [0.05, 0.1) is 10.6 Å². The molecule has 1 aromatic heterocycles. The summed E-state index contributed by atoms with van der Waals surface area (Å²) in [7, 11) is 0. The first-order chi connectivity index (χ1) is 13.8. The molecule has 2 N–H and O–H groups in total. The standard InChI is InChI=1S/C19H15ClN4O4S/c1-11(25)21-9-12-2-4-13(5-3-12)16-10-29-19(22-16)23-18(26)15-7-6-14(20)8-17(15)24(27)28/h2-8,10H,9H2,1H3,(H,21,25)(H,22,23,26). The number of hydrogen-bond acceptors (Lipinski definition) is 6. The van der Waals surface area contributed by atoms with Crippen LogP contribution in [-0.2, 0) is 11.3 Å². The number of thiazole rings is 1. The highest BCUT2D eigenvalue weighted by molar-refractivity contribution is 7.14. The summed E-state index contributed by atoms with van der Waals surface area (Å²) in [6, 6.07) is 11.3. The molecule has 10 heteroatoms. The van der Waals surface area contributed by atoms with Gasteiger partial charge in [-0.1, -0.05) is 35.9 Å². The molecule has 0 aliphatic rings. The van der Waals surface area contributed by atoms with Crippen LogP contribution in [0.25, 0.3) is 11.3 Å². The van der Waals surface area contributed by atoms with Crippen molar-refractivity contribution in [3.8, 4) is 11.3 Å². The monoisotopic (exact) mass is 430 g/mol. The number of rotatable bonds is 6. The Kier molecular flexibility index (Phi) is 6.20. The van der Waals surface area contributed by atoms with E-state index in [-0.39, 0.29) is 22.2 Å². The second-order valence-electron chi connectivity index (χ2n) is 6.02. The molecular weight excluding hydrogens is 416 g/mol. The molecule has 3 rings (SSSR count). The molecule has 0 bridgehead atoms. The second kappa shape index (κ2) is 8.80. The summed E-state index contributed by atoms with van der Waals surface area (Å²) in [6.45, 7) is 1.89. The predicted molar refractivity (Wildman–Crippen MR) is 111 cm³/mol. The van der Waals surface area contributed by atoms with E-state index in [2.05, 4.69) is 15.6 Å². The van der Waals surface area contributed by atoms with Crippen LogP contribution in [0.3, 0.4) is 0 Å². The largest absolute Gasteiger partial charge is 0.352 e. The maximum atomic E-state index is 12.4. The van der Waals surface area contributed by atoms with E-state index in [0.29, 0.717) is 17.4 Å². The molecule has 29 heavy (non-hydrogen) atoms. The molecule has 3 aromatic rings. The molecule has 1 heterocycles. The van der Waals surface area contributed by atoms with Gasteiger partial charge in [-0.3, -0.25) is 25.0 Å². The Hall–Kier alpha value is -3.30. The number of carbonyl (C=O) groups excluding carboxylic acids is 2. The number of nitrogens with one attached hydrogen (secondary N) is 2. The summed E-state index contributed by atoms with van der Waals surface area (Å²) < 4.78 is 0. The summed E-state index contributed by atoms with van der Waals surface area (Å²) in [5.74, 6) is -0.741. The Morgan fingerprint density at radius 1 is 1.21 bits per heavy atom. The molecule has 0 radical (unpaired) electrons. The normalized spacial score (nSPS) is 10.4. The summed E-state index contributed by atoms with van der Waals surface area (Å²) in [5.41, 5.74) is 1.97. The Morgan fingerprint density at radius 3 is 2.59 bits per heavy atom. The van der Waals surface area contributed by atoms with Crippen molar-refractivity contribution < 1.29 is 14.5 Å². The Morgan fingerprint density at radius 2 is 1.93 bits per heavy atom.